The summed E-state index contributed by atoms with van der Waals surface area (Å²) >= 11 is 1.48. The summed E-state index contributed by atoms with van der Waals surface area (Å²) in [5, 5.41) is 8.93. The maximum absolute atomic E-state index is 12.3. The maximum Gasteiger partial charge on any atom is 0.229 e. The van der Waals surface area contributed by atoms with Crippen molar-refractivity contribution in [1.29, 1.82) is 0 Å². The predicted octanol–water partition coefficient (Wildman–Crippen LogP) is 4.42. The molecule has 2 heterocycles. The van der Waals surface area contributed by atoms with E-state index in [-0.39, 0.29) is 11.8 Å². The third kappa shape index (κ3) is 3.84. The first-order chi connectivity index (χ1) is 12.8. The molecular weight excluding hydrogens is 342 g/mol. The largest absolute Gasteiger partial charge is 0.317 e. The lowest BCUT2D eigenvalue weighted by atomic mass is 9.97. The molecule has 1 fully saturated rings. The number of hydrogen-bond acceptors (Lipinski definition) is 4. The Morgan fingerprint density at radius 1 is 0.962 bits per heavy atom. The molecule has 26 heavy (non-hydrogen) atoms. The SMILES string of the molecule is O=C(Nc1nc(-c2ccc(-c3ccccc3)cc2)cs1)C1CCNCC1. The van der Waals surface area contributed by atoms with Crippen LogP contribution in [0.15, 0.2) is 60.0 Å². The summed E-state index contributed by atoms with van der Waals surface area (Å²) in [6.45, 7) is 1.82. The van der Waals surface area contributed by atoms with Gasteiger partial charge in [-0.1, -0.05) is 54.6 Å². The molecule has 3 aromatic rings. The second-order valence-electron chi connectivity index (χ2n) is 6.49. The van der Waals surface area contributed by atoms with Gasteiger partial charge in [0.05, 0.1) is 5.69 Å². The average molecular weight is 363 g/mol. The number of hydrogen-bond donors (Lipinski definition) is 2. The van der Waals surface area contributed by atoms with E-state index in [2.05, 4.69) is 52.0 Å². The summed E-state index contributed by atoms with van der Waals surface area (Å²) in [6.07, 6.45) is 1.79. The summed E-state index contributed by atoms with van der Waals surface area (Å²) < 4.78 is 0. The third-order valence-electron chi connectivity index (χ3n) is 4.73. The lowest BCUT2D eigenvalue weighted by Crippen LogP contribution is -2.34. The van der Waals surface area contributed by atoms with Crippen molar-refractivity contribution in [3.63, 3.8) is 0 Å². The highest BCUT2D eigenvalue weighted by atomic mass is 32.1. The number of carbonyl (C=O) groups is 1. The van der Waals surface area contributed by atoms with Gasteiger partial charge in [-0.25, -0.2) is 4.98 Å². The minimum Gasteiger partial charge on any atom is -0.317 e. The first kappa shape index (κ1) is 16.9. The summed E-state index contributed by atoms with van der Waals surface area (Å²) in [7, 11) is 0. The Morgan fingerprint density at radius 3 is 2.35 bits per heavy atom. The monoisotopic (exact) mass is 363 g/mol. The Morgan fingerprint density at radius 2 is 1.62 bits per heavy atom. The number of aromatic nitrogens is 1. The van der Waals surface area contributed by atoms with Crippen LogP contribution < -0.4 is 10.6 Å². The van der Waals surface area contributed by atoms with E-state index in [0.29, 0.717) is 5.13 Å². The van der Waals surface area contributed by atoms with Gasteiger partial charge in [0.15, 0.2) is 5.13 Å². The van der Waals surface area contributed by atoms with Crippen LogP contribution in [0.4, 0.5) is 5.13 Å². The standard InChI is InChI=1S/C21H21N3OS/c25-20(18-10-12-22-13-11-18)24-21-23-19(14-26-21)17-8-6-16(7-9-17)15-4-2-1-3-5-15/h1-9,14,18,22H,10-13H2,(H,23,24,25). The van der Waals surface area contributed by atoms with Crippen molar-refractivity contribution in [3.8, 4) is 22.4 Å². The molecule has 1 aromatic heterocycles. The van der Waals surface area contributed by atoms with Crippen LogP contribution in [0.1, 0.15) is 12.8 Å². The van der Waals surface area contributed by atoms with E-state index in [9.17, 15) is 4.79 Å². The number of nitrogens with one attached hydrogen (secondary N) is 2. The molecule has 0 atom stereocenters. The van der Waals surface area contributed by atoms with E-state index in [1.807, 2.05) is 23.6 Å². The number of carbonyl (C=O) groups excluding carboxylic acids is 1. The minimum atomic E-state index is 0.0897. The highest BCUT2D eigenvalue weighted by Crippen LogP contribution is 2.28. The maximum atomic E-state index is 12.3. The average Bonchev–Trinajstić information content (AvgIpc) is 3.18. The van der Waals surface area contributed by atoms with Crippen molar-refractivity contribution in [2.45, 2.75) is 12.8 Å². The zero-order valence-corrected chi connectivity index (χ0v) is 15.3. The summed E-state index contributed by atoms with van der Waals surface area (Å²) in [5.41, 5.74) is 4.34. The van der Waals surface area contributed by atoms with Gasteiger partial charge in [-0.05, 0) is 37.1 Å². The smallest absolute Gasteiger partial charge is 0.229 e. The van der Waals surface area contributed by atoms with Crippen molar-refractivity contribution in [1.82, 2.24) is 10.3 Å². The Kier molecular flexibility index (Phi) is 5.09. The van der Waals surface area contributed by atoms with Gasteiger partial charge < -0.3 is 10.6 Å². The number of amides is 1. The Bertz CT molecular complexity index is 868. The molecule has 132 valence electrons. The van der Waals surface area contributed by atoms with Crippen LogP contribution in [0.3, 0.4) is 0 Å². The Hall–Kier alpha value is -2.50. The Labute approximate surface area is 157 Å². The lowest BCUT2D eigenvalue weighted by molar-refractivity contribution is -0.120. The third-order valence-corrected chi connectivity index (χ3v) is 5.49. The van der Waals surface area contributed by atoms with Gasteiger partial charge in [-0.2, -0.15) is 0 Å². The van der Waals surface area contributed by atoms with Crippen LogP contribution in [0.25, 0.3) is 22.4 Å². The van der Waals surface area contributed by atoms with Crippen molar-refractivity contribution in [2.75, 3.05) is 18.4 Å². The van der Waals surface area contributed by atoms with E-state index in [0.717, 1.165) is 37.2 Å². The van der Waals surface area contributed by atoms with Crippen LogP contribution in [0, 0.1) is 5.92 Å². The molecule has 0 bridgehead atoms. The van der Waals surface area contributed by atoms with Crippen molar-refractivity contribution >= 4 is 22.4 Å². The number of piperidine rings is 1. The topological polar surface area (TPSA) is 54.0 Å². The molecule has 0 radical (unpaired) electrons. The number of benzene rings is 2. The van der Waals surface area contributed by atoms with Gasteiger partial charge >= 0.3 is 0 Å². The fourth-order valence-corrected chi connectivity index (χ4v) is 3.94. The molecule has 4 rings (SSSR count). The molecule has 5 heteroatoms. The van der Waals surface area contributed by atoms with Crippen LogP contribution in [-0.2, 0) is 4.79 Å². The molecule has 1 amide bonds. The summed E-state index contributed by atoms with van der Waals surface area (Å²) in [5.74, 6) is 0.181. The zero-order chi connectivity index (χ0) is 17.8. The van der Waals surface area contributed by atoms with E-state index in [1.54, 1.807) is 0 Å². The minimum absolute atomic E-state index is 0.0897. The molecule has 2 N–H and O–H groups in total. The number of nitrogens with zero attached hydrogens (tertiary/aromatic N) is 1. The fraction of sp³-hybridized carbons (Fsp3) is 0.238. The van der Waals surface area contributed by atoms with Gasteiger partial charge in [-0.15, -0.1) is 11.3 Å². The van der Waals surface area contributed by atoms with Crippen molar-refractivity contribution < 1.29 is 4.79 Å². The molecule has 1 saturated heterocycles. The molecule has 0 unspecified atom stereocenters. The number of anilines is 1. The molecular formula is C21H21N3OS. The number of thiazole rings is 1. The fourth-order valence-electron chi connectivity index (χ4n) is 3.22. The van der Waals surface area contributed by atoms with Crippen LogP contribution in [0.2, 0.25) is 0 Å². The molecule has 0 spiro atoms. The second kappa shape index (κ2) is 7.81. The quantitative estimate of drug-likeness (QED) is 0.722. The molecule has 4 nitrogen and oxygen atoms in total. The lowest BCUT2D eigenvalue weighted by Gasteiger charge is -2.20. The van der Waals surface area contributed by atoms with Gasteiger partial charge in [0.25, 0.3) is 0 Å². The highest BCUT2D eigenvalue weighted by molar-refractivity contribution is 7.14. The zero-order valence-electron chi connectivity index (χ0n) is 14.4. The summed E-state index contributed by atoms with van der Waals surface area (Å²) in [4.78, 5) is 16.9. The van der Waals surface area contributed by atoms with Crippen LogP contribution >= 0.6 is 11.3 Å². The summed E-state index contributed by atoms with van der Waals surface area (Å²) in [6, 6.07) is 18.7. The molecule has 1 aliphatic rings. The van der Waals surface area contributed by atoms with Gasteiger partial charge in [0.2, 0.25) is 5.91 Å². The van der Waals surface area contributed by atoms with Crippen molar-refractivity contribution in [2.24, 2.45) is 5.92 Å². The van der Waals surface area contributed by atoms with Gasteiger partial charge in [-0.3, -0.25) is 4.79 Å². The van der Waals surface area contributed by atoms with Gasteiger partial charge in [0, 0.05) is 16.9 Å². The molecule has 0 aliphatic carbocycles. The van der Waals surface area contributed by atoms with E-state index < -0.39 is 0 Å². The first-order valence-corrected chi connectivity index (χ1v) is 9.80. The highest BCUT2D eigenvalue weighted by Gasteiger charge is 2.21. The molecule has 0 saturated carbocycles. The Balaban J connectivity index is 1.45. The van der Waals surface area contributed by atoms with Gasteiger partial charge in [0.1, 0.15) is 0 Å². The molecule has 2 aromatic carbocycles. The predicted molar refractivity (Wildman–Crippen MR) is 107 cm³/mol. The first-order valence-electron chi connectivity index (χ1n) is 8.92. The van der Waals surface area contributed by atoms with Crippen molar-refractivity contribution in [3.05, 3.63) is 60.0 Å². The number of rotatable bonds is 4. The second-order valence-corrected chi connectivity index (χ2v) is 7.35. The van der Waals surface area contributed by atoms with E-state index in [1.165, 1.54) is 22.5 Å². The normalized spacial score (nSPS) is 14.9. The van der Waals surface area contributed by atoms with E-state index >= 15 is 0 Å². The molecule has 1 aliphatic heterocycles. The van der Waals surface area contributed by atoms with E-state index in [4.69, 9.17) is 0 Å². The van der Waals surface area contributed by atoms with Crippen LogP contribution in [-0.4, -0.2) is 24.0 Å². The van der Waals surface area contributed by atoms with Crippen LogP contribution in [0.5, 0.6) is 0 Å².